The molecule has 0 aromatic carbocycles. The van der Waals surface area contributed by atoms with Crippen LogP contribution < -0.4 is 5.32 Å². The molecule has 0 saturated heterocycles. The SMILES string of the molecule is CCCC(NC)c1cnn(CC)c1. The van der Waals surface area contributed by atoms with Gasteiger partial charge in [-0.15, -0.1) is 0 Å². The molecule has 1 aromatic rings. The topological polar surface area (TPSA) is 29.9 Å². The largest absolute Gasteiger partial charge is 0.313 e. The van der Waals surface area contributed by atoms with Gasteiger partial charge in [-0.05, 0) is 20.4 Å². The fourth-order valence-electron chi connectivity index (χ4n) is 1.50. The Kier molecular flexibility index (Phi) is 3.96. The first-order valence-electron chi connectivity index (χ1n) is 5.01. The predicted molar refractivity (Wildman–Crippen MR) is 54.6 cm³/mol. The lowest BCUT2D eigenvalue weighted by molar-refractivity contribution is 0.540. The fourth-order valence-corrected chi connectivity index (χ4v) is 1.50. The van der Waals surface area contributed by atoms with E-state index in [4.69, 9.17) is 0 Å². The molecule has 0 aliphatic rings. The summed E-state index contributed by atoms with van der Waals surface area (Å²) in [5.74, 6) is 0. The minimum absolute atomic E-state index is 0.463. The number of aryl methyl sites for hydroxylation is 1. The van der Waals surface area contributed by atoms with Gasteiger partial charge in [0.1, 0.15) is 0 Å². The molecule has 1 N–H and O–H groups in total. The number of nitrogens with one attached hydrogen (secondary N) is 1. The first kappa shape index (κ1) is 10.3. The predicted octanol–water partition coefficient (Wildman–Crippen LogP) is 1.96. The maximum absolute atomic E-state index is 4.26. The molecule has 0 spiro atoms. The second-order valence-corrected chi connectivity index (χ2v) is 3.26. The highest BCUT2D eigenvalue weighted by atomic mass is 15.3. The van der Waals surface area contributed by atoms with E-state index in [2.05, 4.69) is 30.5 Å². The van der Waals surface area contributed by atoms with E-state index in [1.807, 2.05) is 17.9 Å². The van der Waals surface area contributed by atoms with Crippen molar-refractivity contribution in [2.75, 3.05) is 7.05 Å². The lowest BCUT2D eigenvalue weighted by Gasteiger charge is -2.12. The molecule has 0 bridgehead atoms. The molecule has 3 nitrogen and oxygen atoms in total. The summed E-state index contributed by atoms with van der Waals surface area (Å²) in [4.78, 5) is 0. The Bertz CT molecular complexity index is 242. The monoisotopic (exact) mass is 181 g/mol. The van der Waals surface area contributed by atoms with Crippen molar-refractivity contribution in [2.45, 2.75) is 39.3 Å². The zero-order valence-electron chi connectivity index (χ0n) is 8.75. The average Bonchev–Trinajstić information content (AvgIpc) is 2.62. The summed E-state index contributed by atoms with van der Waals surface area (Å²) >= 11 is 0. The van der Waals surface area contributed by atoms with Crippen LogP contribution in [0.1, 0.15) is 38.3 Å². The van der Waals surface area contributed by atoms with E-state index in [0.717, 1.165) is 6.54 Å². The van der Waals surface area contributed by atoms with Crippen LogP contribution >= 0.6 is 0 Å². The van der Waals surface area contributed by atoms with Crippen LogP contribution in [0.25, 0.3) is 0 Å². The Labute approximate surface area is 80.1 Å². The maximum Gasteiger partial charge on any atom is 0.0537 e. The third-order valence-corrected chi connectivity index (χ3v) is 2.31. The molecule has 1 rings (SSSR count). The zero-order valence-corrected chi connectivity index (χ0v) is 8.75. The lowest BCUT2D eigenvalue weighted by atomic mass is 10.1. The van der Waals surface area contributed by atoms with Crippen molar-refractivity contribution in [3.63, 3.8) is 0 Å². The van der Waals surface area contributed by atoms with E-state index in [-0.39, 0.29) is 0 Å². The number of aromatic nitrogens is 2. The van der Waals surface area contributed by atoms with Crippen LogP contribution in [-0.4, -0.2) is 16.8 Å². The van der Waals surface area contributed by atoms with Gasteiger partial charge in [-0.3, -0.25) is 4.68 Å². The minimum atomic E-state index is 0.463. The van der Waals surface area contributed by atoms with Gasteiger partial charge in [0.2, 0.25) is 0 Å². The van der Waals surface area contributed by atoms with Crippen molar-refractivity contribution in [2.24, 2.45) is 0 Å². The summed E-state index contributed by atoms with van der Waals surface area (Å²) in [6, 6.07) is 0.463. The van der Waals surface area contributed by atoms with E-state index in [9.17, 15) is 0 Å². The van der Waals surface area contributed by atoms with Crippen molar-refractivity contribution < 1.29 is 0 Å². The first-order chi connectivity index (χ1) is 6.31. The van der Waals surface area contributed by atoms with Crippen molar-refractivity contribution in [1.29, 1.82) is 0 Å². The summed E-state index contributed by atoms with van der Waals surface area (Å²) in [6.07, 6.45) is 6.45. The van der Waals surface area contributed by atoms with Crippen LogP contribution in [0.4, 0.5) is 0 Å². The molecular weight excluding hydrogens is 162 g/mol. The molecule has 0 radical (unpaired) electrons. The van der Waals surface area contributed by atoms with Gasteiger partial charge in [0, 0.05) is 24.3 Å². The number of nitrogens with zero attached hydrogens (tertiary/aromatic N) is 2. The maximum atomic E-state index is 4.26. The van der Waals surface area contributed by atoms with Crippen LogP contribution in [0.5, 0.6) is 0 Å². The van der Waals surface area contributed by atoms with Gasteiger partial charge in [-0.1, -0.05) is 13.3 Å². The molecule has 1 aromatic heterocycles. The van der Waals surface area contributed by atoms with E-state index in [1.54, 1.807) is 0 Å². The van der Waals surface area contributed by atoms with Crippen molar-refractivity contribution >= 4 is 0 Å². The summed E-state index contributed by atoms with van der Waals surface area (Å²) in [5.41, 5.74) is 1.30. The van der Waals surface area contributed by atoms with Gasteiger partial charge in [0.15, 0.2) is 0 Å². The Morgan fingerprint density at radius 2 is 2.31 bits per heavy atom. The lowest BCUT2D eigenvalue weighted by Crippen LogP contribution is -2.15. The van der Waals surface area contributed by atoms with Crippen molar-refractivity contribution in [3.8, 4) is 0 Å². The Hall–Kier alpha value is -0.830. The molecule has 1 unspecified atom stereocenters. The van der Waals surface area contributed by atoms with Gasteiger partial charge < -0.3 is 5.32 Å². The molecular formula is C10H19N3. The third kappa shape index (κ3) is 2.56. The standard InChI is InChI=1S/C10H19N3/c1-4-6-10(11-3)9-7-12-13(5-2)8-9/h7-8,10-11H,4-6H2,1-3H3. The van der Waals surface area contributed by atoms with Gasteiger partial charge in [-0.25, -0.2) is 0 Å². The second kappa shape index (κ2) is 5.02. The molecule has 0 aliphatic carbocycles. The fraction of sp³-hybridized carbons (Fsp3) is 0.700. The van der Waals surface area contributed by atoms with E-state index in [0.29, 0.717) is 6.04 Å². The van der Waals surface area contributed by atoms with Crippen molar-refractivity contribution in [3.05, 3.63) is 18.0 Å². The quantitative estimate of drug-likeness (QED) is 0.752. The number of hydrogen-bond acceptors (Lipinski definition) is 2. The number of hydrogen-bond donors (Lipinski definition) is 1. The molecule has 1 atom stereocenters. The van der Waals surface area contributed by atoms with Crippen LogP contribution in [0, 0.1) is 0 Å². The Morgan fingerprint density at radius 3 is 2.77 bits per heavy atom. The highest BCUT2D eigenvalue weighted by molar-refractivity contribution is 5.09. The van der Waals surface area contributed by atoms with Gasteiger partial charge in [-0.2, -0.15) is 5.10 Å². The van der Waals surface area contributed by atoms with Crippen molar-refractivity contribution in [1.82, 2.24) is 15.1 Å². The molecule has 0 fully saturated rings. The highest BCUT2D eigenvalue weighted by Gasteiger charge is 2.09. The van der Waals surface area contributed by atoms with E-state index < -0.39 is 0 Å². The summed E-state index contributed by atoms with van der Waals surface area (Å²) in [7, 11) is 2.00. The summed E-state index contributed by atoms with van der Waals surface area (Å²) < 4.78 is 1.97. The van der Waals surface area contributed by atoms with Crippen LogP contribution in [0.15, 0.2) is 12.4 Å². The summed E-state index contributed by atoms with van der Waals surface area (Å²) in [6.45, 7) is 5.25. The Balaban J connectivity index is 2.67. The summed E-state index contributed by atoms with van der Waals surface area (Å²) in [5, 5.41) is 7.57. The third-order valence-electron chi connectivity index (χ3n) is 2.31. The average molecular weight is 181 g/mol. The first-order valence-corrected chi connectivity index (χ1v) is 5.01. The van der Waals surface area contributed by atoms with Crippen LogP contribution in [0.2, 0.25) is 0 Å². The molecule has 3 heteroatoms. The number of rotatable bonds is 5. The van der Waals surface area contributed by atoms with Gasteiger partial charge in [0.05, 0.1) is 6.20 Å². The molecule has 74 valence electrons. The molecule has 1 heterocycles. The van der Waals surface area contributed by atoms with Crippen LogP contribution in [-0.2, 0) is 6.54 Å². The highest BCUT2D eigenvalue weighted by Crippen LogP contribution is 2.16. The van der Waals surface area contributed by atoms with E-state index >= 15 is 0 Å². The normalized spacial score (nSPS) is 13.2. The minimum Gasteiger partial charge on any atom is -0.313 e. The molecule has 0 aliphatic heterocycles. The van der Waals surface area contributed by atoms with Gasteiger partial charge >= 0.3 is 0 Å². The molecule has 0 amide bonds. The Morgan fingerprint density at radius 1 is 1.54 bits per heavy atom. The van der Waals surface area contributed by atoms with Gasteiger partial charge in [0.25, 0.3) is 0 Å². The second-order valence-electron chi connectivity index (χ2n) is 3.26. The smallest absolute Gasteiger partial charge is 0.0537 e. The zero-order chi connectivity index (χ0) is 9.68. The molecule has 13 heavy (non-hydrogen) atoms. The van der Waals surface area contributed by atoms with E-state index in [1.165, 1.54) is 18.4 Å². The molecule has 0 saturated carbocycles. The van der Waals surface area contributed by atoms with Crippen LogP contribution in [0.3, 0.4) is 0 Å².